The summed E-state index contributed by atoms with van der Waals surface area (Å²) in [6, 6.07) is 7.92. The van der Waals surface area contributed by atoms with Gasteiger partial charge in [0.05, 0.1) is 12.4 Å². The summed E-state index contributed by atoms with van der Waals surface area (Å²) in [6.07, 6.45) is 0. The molecule has 0 unspecified atom stereocenters. The van der Waals surface area contributed by atoms with Crippen molar-refractivity contribution >= 4 is 10.0 Å². The van der Waals surface area contributed by atoms with Gasteiger partial charge >= 0.3 is 0 Å². The Bertz CT molecular complexity index is 702. The minimum absolute atomic E-state index is 0.0175. The first-order valence-corrected chi connectivity index (χ1v) is 9.97. The fourth-order valence-corrected chi connectivity index (χ4v) is 3.43. The maximum atomic E-state index is 11.6. The minimum Gasteiger partial charge on any atom is -0.395 e. The molecule has 0 amide bonds. The molecular formula is C18H26N2O3S. The van der Waals surface area contributed by atoms with Gasteiger partial charge in [-0.2, -0.15) is 0 Å². The molecule has 0 aromatic heterocycles. The summed E-state index contributed by atoms with van der Waals surface area (Å²) in [6.45, 7) is 6.06. The Balaban J connectivity index is 2.08. The Labute approximate surface area is 144 Å². The molecule has 2 rings (SSSR count). The third-order valence-electron chi connectivity index (χ3n) is 4.20. The molecule has 0 radical (unpaired) electrons. The lowest BCUT2D eigenvalue weighted by Crippen LogP contribution is -2.64. The third kappa shape index (κ3) is 4.81. The van der Waals surface area contributed by atoms with E-state index in [4.69, 9.17) is 0 Å². The van der Waals surface area contributed by atoms with Crippen LogP contribution in [-0.4, -0.2) is 44.5 Å². The number of hydrogen-bond acceptors (Lipinski definition) is 4. The van der Waals surface area contributed by atoms with Crippen molar-refractivity contribution in [2.24, 2.45) is 5.92 Å². The Kier molecular flexibility index (Phi) is 6.41. The average Bonchev–Trinajstić information content (AvgIpc) is 2.53. The first kappa shape index (κ1) is 18.9. The molecule has 3 atom stereocenters. The number of hydrogen-bond donors (Lipinski definition) is 3. The first-order valence-electron chi connectivity index (χ1n) is 8.32. The first-order chi connectivity index (χ1) is 11.4. The number of sulfonamides is 1. The van der Waals surface area contributed by atoms with E-state index in [0.717, 1.165) is 11.1 Å². The molecule has 0 saturated carbocycles. The molecule has 5 nitrogen and oxygen atoms in total. The Morgan fingerprint density at radius 2 is 1.92 bits per heavy atom. The van der Waals surface area contributed by atoms with E-state index in [9.17, 15) is 13.5 Å². The number of aliphatic hydroxyl groups is 1. The molecule has 0 bridgehead atoms. The van der Waals surface area contributed by atoms with Crippen LogP contribution < -0.4 is 10.0 Å². The number of benzene rings is 1. The van der Waals surface area contributed by atoms with Gasteiger partial charge in [0.2, 0.25) is 10.0 Å². The van der Waals surface area contributed by atoms with Gasteiger partial charge < -0.3 is 10.4 Å². The molecule has 24 heavy (non-hydrogen) atoms. The zero-order valence-corrected chi connectivity index (χ0v) is 15.2. The fourth-order valence-electron chi connectivity index (χ4n) is 2.80. The summed E-state index contributed by atoms with van der Waals surface area (Å²) in [5.41, 5.74) is 2.05. The number of rotatable bonds is 6. The molecule has 1 heterocycles. The van der Waals surface area contributed by atoms with Gasteiger partial charge in [-0.15, -0.1) is 0 Å². The largest absolute Gasteiger partial charge is 0.395 e. The highest BCUT2D eigenvalue weighted by atomic mass is 32.2. The molecular weight excluding hydrogens is 324 g/mol. The summed E-state index contributed by atoms with van der Waals surface area (Å²) in [5, 5.41) is 12.7. The van der Waals surface area contributed by atoms with E-state index in [1.54, 1.807) is 6.92 Å². The number of nitrogens with one attached hydrogen (secondary N) is 2. The molecule has 1 fully saturated rings. The van der Waals surface area contributed by atoms with E-state index < -0.39 is 10.0 Å². The van der Waals surface area contributed by atoms with Crippen LogP contribution in [0.4, 0.5) is 0 Å². The summed E-state index contributed by atoms with van der Waals surface area (Å²) in [5.74, 6) is 6.74. The SMILES string of the molecule is CCS(=O)(=O)NC[C@H]1N[C@H](CO)[C@@H]1c1ccc(C#CC(C)C)cc1. The van der Waals surface area contributed by atoms with E-state index in [2.05, 4.69) is 35.7 Å². The predicted octanol–water partition coefficient (Wildman–Crippen LogP) is 1.05. The van der Waals surface area contributed by atoms with Gasteiger partial charge in [-0.3, -0.25) is 0 Å². The molecule has 1 saturated heterocycles. The summed E-state index contributed by atoms with van der Waals surface area (Å²) < 4.78 is 25.8. The van der Waals surface area contributed by atoms with Crippen molar-refractivity contribution in [2.45, 2.75) is 38.8 Å². The molecule has 6 heteroatoms. The molecule has 3 N–H and O–H groups in total. The predicted molar refractivity (Wildman–Crippen MR) is 96.2 cm³/mol. The minimum atomic E-state index is -3.21. The van der Waals surface area contributed by atoms with E-state index in [0.29, 0.717) is 12.5 Å². The van der Waals surface area contributed by atoms with Crippen LogP contribution in [0.2, 0.25) is 0 Å². The van der Waals surface area contributed by atoms with Crippen molar-refractivity contribution in [3.63, 3.8) is 0 Å². The van der Waals surface area contributed by atoms with Gasteiger partial charge in [-0.1, -0.05) is 37.8 Å². The molecule has 1 aliphatic rings. The van der Waals surface area contributed by atoms with Crippen LogP contribution in [0.5, 0.6) is 0 Å². The topological polar surface area (TPSA) is 78.4 Å². The van der Waals surface area contributed by atoms with Crippen LogP contribution in [-0.2, 0) is 10.0 Å². The van der Waals surface area contributed by atoms with Gasteiger partial charge in [0.1, 0.15) is 0 Å². The maximum absolute atomic E-state index is 11.6. The summed E-state index contributed by atoms with van der Waals surface area (Å²) in [7, 11) is -3.21. The third-order valence-corrected chi connectivity index (χ3v) is 5.56. The maximum Gasteiger partial charge on any atom is 0.211 e. The van der Waals surface area contributed by atoms with Crippen molar-refractivity contribution in [3.8, 4) is 11.8 Å². The lowest BCUT2D eigenvalue weighted by atomic mass is 9.77. The lowest BCUT2D eigenvalue weighted by Gasteiger charge is -2.46. The van der Waals surface area contributed by atoms with Crippen molar-refractivity contribution < 1.29 is 13.5 Å². The zero-order valence-electron chi connectivity index (χ0n) is 14.4. The van der Waals surface area contributed by atoms with Gasteiger partial charge in [0.25, 0.3) is 0 Å². The van der Waals surface area contributed by atoms with E-state index in [1.807, 2.05) is 24.3 Å². The van der Waals surface area contributed by atoms with Gasteiger partial charge in [-0.05, 0) is 24.6 Å². The van der Waals surface area contributed by atoms with Crippen molar-refractivity contribution in [2.75, 3.05) is 18.9 Å². The smallest absolute Gasteiger partial charge is 0.211 e. The molecule has 0 spiro atoms. The normalized spacial score (nSPS) is 23.5. The average molecular weight is 350 g/mol. The van der Waals surface area contributed by atoms with Crippen LogP contribution in [0.25, 0.3) is 0 Å². The van der Waals surface area contributed by atoms with E-state index >= 15 is 0 Å². The number of aliphatic hydroxyl groups excluding tert-OH is 1. The standard InChI is InChI=1S/C18H26N2O3S/c1-4-24(22,23)19-11-16-18(17(12-21)20-16)15-9-7-14(8-10-15)6-5-13(2)3/h7-10,13,16-21H,4,11-12H2,1-3H3/t16-,17-,18-/m1/s1. The van der Waals surface area contributed by atoms with Crippen LogP contribution >= 0.6 is 0 Å². The second-order valence-electron chi connectivity index (χ2n) is 6.39. The molecule has 1 aromatic rings. The van der Waals surface area contributed by atoms with Crippen molar-refractivity contribution in [1.82, 2.24) is 10.0 Å². The molecule has 1 aromatic carbocycles. The highest BCUT2D eigenvalue weighted by Gasteiger charge is 2.41. The van der Waals surface area contributed by atoms with Crippen molar-refractivity contribution in [3.05, 3.63) is 35.4 Å². The van der Waals surface area contributed by atoms with Crippen LogP contribution in [0.1, 0.15) is 37.8 Å². The van der Waals surface area contributed by atoms with Crippen LogP contribution in [0.15, 0.2) is 24.3 Å². The van der Waals surface area contributed by atoms with Crippen molar-refractivity contribution in [1.29, 1.82) is 0 Å². The van der Waals surface area contributed by atoms with Gasteiger partial charge in [0, 0.05) is 36.0 Å². The van der Waals surface area contributed by atoms with E-state index in [-0.39, 0.29) is 30.4 Å². The van der Waals surface area contributed by atoms with Crippen LogP contribution in [0, 0.1) is 17.8 Å². The molecule has 0 aliphatic carbocycles. The van der Waals surface area contributed by atoms with Gasteiger partial charge in [-0.25, -0.2) is 13.1 Å². The van der Waals surface area contributed by atoms with Crippen LogP contribution in [0.3, 0.4) is 0 Å². The quantitative estimate of drug-likeness (QED) is 0.670. The highest BCUT2D eigenvalue weighted by Crippen LogP contribution is 2.32. The molecule has 1 aliphatic heterocycles. The summed E-state index contributed by atoms with van der Waals surface area (Å²) in [4.78, 5) is 0. The zero-order chi connectivity index (χ0) is 17.7. The van der Waals surface area contributed by atoms with Gasteiger partial charge in [0.15, 0.2) is 0 Å². The summed E-state index contributed by atoms with van der Waals surface area (Å²) >= 11 is 0. The Morgan fingerprint density at radius 3 is 2.46 bits per heavy atom. The monoisotopic (exact) mass is 350 g/mol. The second kappa shape index (κ2) is 8.13. The fraction of sp³-hybridized carbons (Fsp3) is 0.556. The Morgan fingerprint density at radius 1 is 1.25 bits per heavy atom. The molecule has 132 valence electrons. The highest BCUT2D eigenvalue weighted by molar-refractivity contribution is 7.89. The second-order valence-corrected chi connectivity index (χ2v) is 8.48. The Hall–Kier alpha value is -1.39. The lowest BCUT2D eigenvalue weighted by molar-refractivity contribution is 0.129. The van der Waals surface area contributed by atoms with E-state index in [1.165, 1.54) is 0 Å².